The summed E-state index contributed by atoms with van der Waals surface area (Å²) in [6.07, 6.45) is 2.93. The lowest BCUT2D eigenvalue weighted by Gasteiger charge is -2.33. The van der Waals surface area contributed by atoms with Gasteiger partial charge in [0.1, 0.15) is 12.6 Å². The molecule has 0 unspecified atom stereocenters. The summed E-state index contributed by atoms with van der Waals surface area (Å²) in [6.45, 7) is 0.775. The number of benzene rings is 1. The van der Waals surface area contributed by atoms with Gasteiger partial charge in [0, 0.05) is 6.61 Å². The molecule has 1 N–H and O–H groups in total. The van der Waals surface area contributed by atoms with Gasteiger partial charge in [-0.15, -0.1) is 0 Å². The monoisotopic (exact) mass is 333 g/mol. The van der Waals surface area contributed by atoms with Gasteiger partial charge in [0.25, 0.3) is 0 Å². The fourth-order valence-corrected chi connectivity index (χ4v) is 3.23. The molecule has 1 saturated heterocycles. The second-order valence-electron chi connectivity index (χ2n) is 6.49. The predicted octanol–water partition coefficient (Wildman–Crippen LogP) is 2.41. The van der Waals surface area contributed by atoms with E-state index in [1.54, 1.807) is 0 Å². The van der Waals surface area contributed by atoms with Crippen molar-refractivity contribution in [3.63, 3.8) is 0 Å². The van der Waals surface area contributed by atoms with Gasteiger partial charge in [-0.3, -0.25) is 0 Å². The Morgan fingerprint density at radius 1 is 1.33 bits per heavy atom. The average molecular weight is 333 g/mol. The smallest absolute Gasteiger partial charge is 0.408 e. The lowest BCUT2D eigenvalue weighted by molar-refractivity contribution is -0.146. The molecule has 0 aromatic heterocycles. The summed E-state index contributed by atoms with van der Waals surface area (Å²) in [4.78, 5) is 24.2. The lowest BCUT2D eigenvalue weighted by Crippen LogP contribution is -2.49. The molecule has 6 nitrogen and oxygen atoms in total. The minimum atomic E-state index is -0.695. The van der Waals surface area contributed by atoms with Crippen molar-refractivity contribution < 1.29 is 23.8 Å². The highest BCUT2D eigenvalue weighted by Gasteiger charge is 2.50. The summed E-state index contributed by atoms with van der Waals surface area (Å²) in [7, 11) is 1.33. The molecule has 24 heavy (non-hydrogen) atoms. The van der Waals surface area contributed by atoms with Crippen LogP contribution in [0.5, 0.6) is 0 Å². The Morgan fingerprint density at radius 2 is 2.08 bits per heavy atom. The summed E-state index contributed by atoms with van der Waals surface area (Å²) in [5.74, 6) is -0.424. The molecule has 1 amide bonds. The highest BCUT2D eigenvalue weighted by molar-refractivity contribution is 5.81. The van der Waals surface area contributed by atoms with Crippen LogP contribution in [-0.4, -0.2) is 37.4 Å². The number of ether oxygens (including phenoxy) is 3. The molecule has 1 aromatic rings. The van der Waals surface area contributed by atoms with E-state index in [0.29, 0.717) is 6.61 Å². The summed E-state index contributed by atoms with van der Waals surface area (Å²) < 4.78 is 15.9. The standard InChI is InChI=1S/C18H23NO5/c1-22-16(20)15(14-7-10-24-18(11-14)8-9-18)19-17(21)23-12-13-5-3-2-4-6-13/h2-6,14-15H,7-12H2,1H3,(H,19,21)/t14-,15+/m1/s1. The van der Waals surface area contributed by atoms with E-state index in [1.807, 2.05) is 30.3 Å². The van der Waals surface area contributed by atoms with E-state index in [2.05, 4.69) is 5.32 Å². The Kier molecular flexibility index (Phi) is 5.04. The van der Waals surface area contributed by atoms with Crippen LogP contribution in [0.3, 0.4) is 0 Å². The van der Waals surface area contributed by atoms with Crippen LogP contribution in [0.15, 0.2) is 30.3 Å². The summed E-state index contributed by atoms with van der Waals surface area (Å²) >= 11 is 0. The summed E-state index contributed by atoms with van der Waals surface area (Å²) in [6, 6.07) is 8.71. The third kappa shape index (κ3) is 4.06. The predicted molar refractivity (Wildman–Crippen MR) is 86.2 cm³/mol. The molecule has 1 saturated carbocycles. The lowest BCUT2D eigenvalue weighted by atomic mass is 9.87. The molecule has 6 heteroatoms. The number of carbonyl (C=O) groups excluding carboxylic acids is 2. The first-order valence-electron chi connectivity index (χ1n) is 8.31. The molecule has 1 spiro atoms. The SMILES string of the molecule is COC(=O)[C@@H](NC(=O)OCc1ccccc1)[C@@H]1CCOC2(CC2)C1. The largest absolute Gasteiger partial charge is 0.467 e. The third-order valence-electron chi connectivity index (χ3n) is 4.75. The molecule has 0 bridgehead atoms. The fraction of sp³-hybridized carbons (Fsp3) is 0.556. The molecule has 1 aromatic carbocycles. The molecule has 3 rings (SSSR count). The zero-order valence-corrected chi connectivity index (χ0v) is 13.8. The number of hydrogen-bond acceptors (Lipinski definition) is 5. The zero-order chi connectivity index (χ0) is 17.0. The number of alkyl carbamates (subject to hydrolysis) is 1. The van der Waals surface area contributed by atoms with Gasteiger partial charge in [0.2, 0.25) is 0 Å². The minimum absolute atomic E-state index is 0.0120. The van der Waals surface area contributed by atoms with Crippen LogP contribution >= 0.6 is 0 Å². The maximum atomic E-state index is 12.1. The second-order valence-corrected chi connectivity index (χ2v) is 6.49. The topological polar surface area (TPSA) is 73.9 Å². The molecular weight excluding hydrogens is 310 g/mol. The molecule has 130 valence electrons. The number of carbonyl (C=O) groups is 2. The second kappa shape index (κ2) is 7.21. The number of esters is 1. The van der Waals surface area contributed by atoms with Crippen LogP contribution in [0.2, 0.25) is 0 Å². The van der Waals surface area contributed by atoms with E-state index >= 15 is 0 Å². The van der Waals surface area contributed by atoms with E-state index in [-0.39, 0.29) is 18.1 Å². The first-order valence-corrected chi connectivity index (χ1v) is 8.31. The van der Waals surface area contributed by atoms with Gasteiger partial charge < -0.3 is 19.5 Å². The minimum Gasteiger partial charge on any atom is -0.467 e. The van der Waals surface area contributed by atoms with Gasteiger partial charge in [-0.2, -0.15) is 0 Å². The Balaban J connectivity index is 1.57. The summed E-state index contributed by atoms with van der Waals surface area (Å²) in [5, 5.41) is 2.68. The van der Waals surface area contributed by atoms with Gasteiger partial charge in [0.15, 0.2) is 0 Å². The number of hydrogen-bond donors (Lipinski definition) is 1. The Morgan fingerprint density at radius 3 is 2.75 bits per heavy atom. The first kappa shape index (κ1) is 16.8. The van der Waals surface area contributed by atoms with Crippen molar-refractivity contribution in [1.29, 1.82) is 0 Å². The zero-order valence-electron chi connectivity index (χ0n) is 13.8. The van der Waals surface area contributed by atoms with Crippen molar-refractivity contribution in [1.82, 2.24) is 5.32 Å². The molecule has 2 fully saturated rings. The first-order chi connectivity index (χ1) is 11.6. The van der Waals surface area contributed by atoms with Crippen molar-refractivity contribution in [3.05, 3.63) is 35.9 Å². The van der Waals surface area contributed by atoms with Gasteiger partial charge >= 0.3 is 12.1 Å². The highest BCUT2D eigenvalue weighted by atomic mass is 16.6. The normalized spacial score (nSPS) is 22.5. The van der Waals surface area contributed by atoms with E-state index in [0.717, 1.165) is 31.2 Å². The Labute approximate surface area is 141 Å². The van der Waals surface area contributed by atoms with Gasteiger partial charge in [0.05, 0.1) is 12.7 Å². The van der Waals surface area contributed by atoms with Crippen LogP contribution in [0, 0.1) is 5.92 Å². The molecule has 1 aliphatic carbocycles. The van der Waals surface area contributed by atoms with Gasteiger partial charge in [-0.1, -0.05) is 30.3 Å². The van der Waals surface area contributed by atoms with Gasteiger partial charge in [-0.25, -0.2) is 9.59 Å². The number of rotatable bonds is 5. The molecule has 1 aliphatic heterocycles. The third-order valence-corrected chi connectivity index (χ3v) is 4.75. The van der Waals surface area contributed by atoms with E-state index in [1.165, 1.54) is 7.11 Å². The Bertz CT molecular complexity index is 584. The van der Waals surface area contributed by atoms with Crippen LogP contribution in [-0.2, 0) is 25.6 Å². The molecule has 1 heterocycles. The van der Waals surface area contributed by atoms with Crippen molar-refractivity contribution in [3.8, 4) is 0 Å². The van der Waals surface area contributed by atoms with Crippen molar-refractivity contribution in [2.75, 3.05) is 13.7 Å². The quantitative estimate of drug-likeness (QED) is 0.838. The van der Waals surface area contributed by atoms with Crippen molar-refractivity contribution >= 4 is 12.1 Å². The number of methoxy groups -OCH3 is 1. The fourth-order valence-electron chi connectivity index (χ4n) is 3.23. The number of amides is 1. The maximum absolute atomic E-state index is 12.1. The van der Waals surface area contributed by atoms with E-state index in [9.17, 15) is 9.59 Å². The van der Waals surface area contributed by atoms with Crippen LogP contribution < -0.4 is 5.32 Å². The molecule has 2 atom stereocenters. The maximum Gasteiger partial charge on any atom is 0.408 e. The van der Waals surface area contributed by atoms with Gasteiger partial charge in [-0.05, 0) is 37.2 Å². The van der Waals surface area contributed by atoms with Crippen LogP contribution in [0.1, 0.15) is 31.2 Å². The molecular formula is C18H23NO5. The summed E-state index contributed by atoms with van der Waals surface area (Å²) in [5.41, 5.74) is 0.815. The van der Waals surface area contributed by atoms with Crippen LogP contribution in [0.25, 0.3) is 0 Å². The van der Waals surface area contributed by atoms with Crippen LogP contribution in [0.4, 0.5) is 4.79 Å². The molecule has 2 aliphatic rings. The number of nitrogens with one attached hydrogen (secondary N) is 1. The van der Waals surface area contributed by atoms with Crippen molar-refractivity contribution in [2.24, 2.45) is 5.92 Å². The van der Waals surface area contributed by atoms with E-state index in [4.69, 9.17) is 14.2 Å². The Hall–Kier alpha value is -2.08. The van der Waals surface area contributed by atoms with Crippen molar-refractivity contribution in [2.45, 2.75) is 43.9 Å². The van der Waals surface area contributed by atoms with E-state index < -0.39 is 18.1 Å². The highest BCUT2D eigenvalue weighted by Crippen LogP contribution is 2.48. The average Bonchev–Trinajstić information content (AvgIpc) is 3.36. The molecule has 0 radical (unpaired) electrons.